The predicted octanol–water partition coefficient (Wildman–Crippen LogP) is 0.868. The molecule has 2 aromatic rings. The average molecular weight is 379 g/mol. The molecule has 27 heavy (non-hydrogen) atoms. The lowest BCUT2D eigenvalue weighted by atomic mass is 10.0. The Kier molecular flexibility index (Phi) is 5.43. The summed E-state index contributed by atoms with van der Waals surface area (Å²) in [7, 11) is 0. The average Bonchev–Trinajstić information content (AvgIpc) is 2.65. The molecule has 3 unspecified atom stereocenters. The van der Waals surface area contributed by atoms with Gasteiger partial charge in [-0.25, -0.2) is 13.2 Å². The summed E-state index contributed by atoms with van der Waals surface area (Å²) < 4.78 is 39.2. The summed E-state index contributed by atoms with van der Waals surface area (Å²) in [5.74, 6) is -3.98. The van der Waals surface area contributed by atoms with Crippen molar-refractivity contribution < 1.29 is 27.9 Å². The minimum Gasteiger partial charge on any atom is -0.381 e. The maximum Gasteiger partial charge on any atom is 0.252 e. The summed E-state index contributed by atoms with van der Waals surface area (Å²) in [6.07, 6.45) is -2.45. The maximum absolute atomic E-state index is 13.2. The minimum atomic E-state index is -1.65. The lowest BCUT2D eigenvalue weighted by Gasteiger charge is -2.34. The quantitative estimate of drug-likeness (QED) is 0.635. The summed E-state index contributed by atoms with van der Waals surface area (Å²) in [6.45, 7) is -0.121. The van der Waals surface area contributed by atoms with Gasteiger partial charge in [0.1, 0.15) is 18.0 Å². The molecular formula is C18H16F3N3O3. The summed E-state index contributed by atoms with van der Waals surface area (Å²) in [6, 6.07) is 7.16. The lowest BCUT2D eigenvalue weighted by Crippen LogP contribution is -2.64. The van der Waals surface area contributed by atoms with Gasteiger partial charge in [0.05, 0.1) is 0 Å². The van der Waals surface area contributed by atoms with E-state index < -0.39 is 47.6 Å². The van der Waals surface area contributed by atoms with E-state index in [1.165, 1.54) is 30.3 Å². The van der Waals surface area contributed by atoms with Crippen LogP contribution in [0.2, 0.25) is 0 Å². The number of hydrogen-bond donors (Lipinski definition) is 4. The van der Waals surface area contributed by atoms with Crippen molar-refractivity contribution in [1.29, 1.82) is 0 Å². The van der Waals surface area contributed by atoms with Crippen LogP contribution in [-0.4, -0.2) is 29.1 Å². The van der Waals surface area contributed by atoms with E-state index in [1.54, 1.807) is 0 Å². The zero-order valence-corrected chi connectivity index (χ0v) is 13.9. The number of nitrogens with one attached hydrogen (secondary N) is 3. The van der Waals surface area contributed by atoms with Gasteiger partial charge in [-0.05, 0) is 35.4 Å². The van der Waals surface area contributed by atoms with Crippen molar-refractivity contribution in [2.45, 2.75) is 24.9 Å². The molecule has 1 aliphatic rings. The highest BCUT2D eigenvalue weighted by Gasteiger charge is 2.39. The molecule has 3 atom stereocenters. The van der Waals surface area contributed by atoms with Gasteiger partial charge in [0.2, 0.25) is 5.91 Å². The molecule has 1 aliphatic heterocycles. The number of aliphatic hydroxyl groups is 1. The second-order valence-corrected chi connectivity index (χ2v) is 6.05. The molecule has 0 aliphatic carbocycles. The van der Waals surface area contributed by atoms with Gasteiger partial charge in [-0.15, -0.1) is 0 Å². The Balaban J connectivity index is 1.69. The van der Waals surface area contributed by atoms with E-state index >= 15 is 0 Å². The Labute approximate surface area is 152 Å². The van der Waals surface area contributed by atoms with Crippen LogP contribution in [0.5, 0.6) is 0 Å². The normalized spacial score (nSPS) is 22.2. The molecule has 1 heterocycles. The summed E-state index contributed by atoms with van der Waals surface area (Å²) in [5.41, 5.74) is 0.808. The Morgan fingerprint density at radius 1 is 1.07 bits per heavy atom. The number of rotatable bonds is 4. The Bertz CT molecular complexity index is 861. The van der Waals surface area contributed by atoms with Crippen LogP contribution < -0.4 is 16.0 Å². The molecule has 2 aromatic carbocycles. The first kappa shape index (κ1) is 18.9. The van der Waals surface area contributed by atoms with Crippen molar-refractivity contribution in [1.82, 2.24) is 16.0 Å². The SMILES string of the molecule is O=C1NC(c2ccc(F)cc2)NC(C(=O)NCc2ccc(F)c(F)c2)C1O. The maximum atomic E-state index is 13.2. The first-order valence-corrected chi connectivity index (χ1v) is 8.07. The fraction of sp³-hybridized carbons (Fsp3) is 0.222. The van der Waals surface area contributed by atoms with Crippen LogP contribution in [0.25, 0.3) is 0 Å². The van der Waals surface area contributed by atoms with Crippen LogP contribution >= 0.6 is 0 Å². The van der Waals surface area contributed by atoms with Crippen LogP contribution in [0, 0.1) is 17.5 Å². The van der Waals surface area contributed by atoms with Gasteiger partial charge >= 0.3 is 0 Å². The van der Waals surface area contributed by atoms with Crippen molar-refractivity contribution in [2.75, 3.05) is 0 Å². The third-order valence-corrected chi connectivity index (χ3v) is 4.15. The van der Waals surface area contributed by atoms with E-state index in [1.807, 2.05) is 0 Å². The second kappa shape index (κ2) is 7.77. The first-order chi connectivity index (χ1) is 12.8. The molecule has 0 saturated carbocycles. The van der Waals surface area contributed by atoms with E-state index in [-0.39, 0.29) is 6.54 Å². The van der Waals surface area contributed by atoms with E-state index in [9.17, 15) is 27.9 Å². The van der Waals surface area contributed by atoms with Crippen LogP contribution in [-0.2, 0) is 16.1 Å². The van der Waals surface area contributed by atoms with Crippen LogP contribution in [0.3, 0.4) is 0 Å². The van der Waals surface area contributed by atoms with Gasteiger partial charge in [-0.1, -0.05) is 18.2 Å². The van der Waals surface area contributed by atoms with Gasteiger partial charge in [0.15, 0.2) is 17.7 Å². The second-order valence-electron chi connectivity index (χ2n) is 6.05. The molecule has 9 heteroatoms. The lowest BCUT2D eigenvalue weighted by molar-refractivity contribution is -0.142. The van der Waals surface area contributed by atoms with Crippen LogP contribution in [0.1, 0.15) is 17.3 Å². The van der Waals surface area contributed by atoms with Crippen molar-refractivity contribution in [3.63, 3.8) is 0 Å². The highest BCUT2D eigenvalue weighted by atomic mass is 19.2. The predicted molar refractivity (Wildman–Crippen MR) is 88.4 cm³/mol. The standard InChI is InChI=1S/C18H16F3N3O3/c19-11-4-2-10(3-5-11)16-23-14(15(25)18(27)24-16)17(26)22-8-9-1-6-12(20)13(21)7-9/h1-7,14-16,23,25H,8H2,(H,22,26)(H,24,27). The molecule has 1 saturated heterocycles. The Morgan fingerprint density at radius 3 is 2.44 bits per heavy atom. The number of amides is 2. The molecule has 1 fully saturated rings. The zero-order chi connectivity index (χ0) is 19.6. The summed E-state index contributed by atoms with van der Waals surface area (Å²) in [4.78, 5) is 24.3. The van der Waals surface area contributed by atoms with Gasteiger partial charge < -0.3 is 15.7 Å². The van der Waals surface area contributed by atoms with E-state index in [0.29, 0.717) is 11.1 Å². The molecule has 4 N–H and O–H groups in total. The number of aliphatic hydroxyl groups excluding tert-OH is 1. The van der Waals surface area contributed by atoms with Crippen LogP contribution in [0.15, 0.2) is 42.5 Å². The Morgan fingerprint density at radius 2 is 1.78 bits per heavy atom. The molecule has 3 rings (SSSR count). The molecular weight excluding hydrogens is 363 g/mol. The molecule has 0 aromatic heterocycles. The molecule has 0 spiro atoms. The van der Waals surface area contributed by atoms with E-state index in [4.69, 9.17) is 0 Å². The Hall–Kier alpha value is -2.91. The minimum absolute atomic E-state index is 0.121. The zero-order valence-electron chi connectivity index (χ0n) is 13.9. The van der Waals surface area contributed by atoms with Crippen molar-refractivity contribution >= 4 is 11.8 Å². The molecule has 2 amide bonds. The number of halogens is 3. The van der Waals surface area contributed by atoms with Crippen molar-refractivity contribution in [3.05, 3.63) is 71.0 Å². The van der Waals surface area contributed by atoms with Gasteiger partial charge in [-0.2, -0.15) is 0 Å². The van der Waals surface area contributed by atoms with E-state index in [2.05, 4.69) is 16.0 Å². The summed E-state index contributed by atoms with van der Waals surface area (Å²) >= 11 is 0. The van der Waals surface area contributed by atoms with Crippen molar-refractivity contribution in [3.8, 4) is 0 Å². The topological polar surface area (TPSA) is 90.5 Å². The fourth-order valence-electron chi connectivity index (χ4n) is 2.69. The van der Waals surface area contributed by atoms with Gasteiger partial charge in [0, 0.05) is 6.54 Å². The number of benzene rings is 2. The highest BCUT2D eigenvalue weighted by Crippen LogP contribution is 2.17. The van der Waals surface area contributed by atoms with Crippen LogP contribution in [0.4, 0.5) is 13.2 Å². The largest absolute Gasteiger partial charge is 0.381 e. The van der Waals surface area contributed by atoms with Gasteiger partial charge in [-0.3, -0.25) is 14.9 Å². The molecule has 0 bridgehead atoms. The first-order valence-electron chi connectivity index (χ1n) is 8.07. The molecule has 6 nitrogen and oxygen atoms in total. The third-order valence-electron chi connectivity index (χ3n) is 4.15. The number of carbonyl (C=O) groups excluding carboxylic acids is 2. The number of hydrogen-bond acceptors (Lipinski definition) is 4. The fourth-order valence-corrected chi connectivity index (χ4v) is 2.69. The van der Waals surface area contributed by atoms with Gasteiger partial charge in [0.25, 0.3) is 5.91 Å². The third kappa shape index (κ3) is 4.26. The monoisotopic (exact) mass is 379 g/mol. The van der Waals surface area contributed by atoms with Crippen molar-refractivity contribution in [2.24, 2.45) is 0 Å². The molecule has 142 valence electrons. The summed E-state index contributed by atoms with van der Waals surface area (Å²) in [5, 5.41) is 17.7. The van der Waals surface area contributed by atoms with E-state index in [0.717, 1.165) is 12.1 Å². The highest BCUT2D eigenvalue weighted by molar-refractivity contribution is 5.93. The molecule has 0 radical (unpaired) electrons. The number of carbonyl (C=O) groups is 2. The smallest absolute Gasteiger partial charge is 0.252 e.